The average Bonchev–Trinajstić information content (AvgIpc) is 3.12. The number of furan rings is 1. The lowest BCUT2D eigenvalue weighted by atomic mass is 9.99. The molecule has 2 unspecified atom stereocenters. The second-order valence-corrected chi connectivity index (χ2v) is 5.52. The van der Waals surface area contributed by atoms with Crippen molar-refractivity contribution >= 4 is 11.9 Å². The molecule has 0 bridgehead atoms. The Morgan fingerprint density at radius 3 is 2.61 bits per heavy atom. The Bertz CT molecular complexity index is 729. The van der Waals surface area contributed by atoms with Crippen LogP contribution in [0, 0.1) is 5.82 Å². The van der Waals surface area contributed by atoms with E-state index in [1.54, 1.807) is 12.1 Å². The number of halogens is 1. The van der Waals surface area contributed by atoms with Gasteiger partial charge >= 0.3 is 6.03 Å². The van der Waals surface area contributed by atoms with Gasteiger partial charge in [0.1, 0.15) is 11.6 Å². The third-order valence-corrected chi connectivity index (χ3v) is 3.90. The molecule has 3 amide bonds. The zero-order valence-corrected chi connectivity index (χ0v) is 12.3. The minimum Gasteiger partial charge on any atom is -0.466 e. The summed E-state index contributed by atoms with van der Waals surface area (Å²) >= 11 is 0. The highest BCUT2D eigenvalue weighted by Crippen LogP contribution is 2.30. The highest BCUT2D eigenvalue weighted by molar-refractivity contribution is 6.06. The van der Waals surface area contributed by atoms with Gasteiger partial charge in [0, 0.05) is 0 Å². The molecule has 7 heteroatoms. The molecule has 2 N–H and O–H groups in total. The topological polar surface area (TPSA) is 82.8 Å². The standard InChI is InChI=1S/C16H15FN2O4/c1-16(13-3-2-8-23-13)14(21)19(15(22)18-16)9-12(20)10-4-6-11(17)7-5-10/h2-8,12,20H,9H2,1H3,(H,18,22). The zero-order chi connectivity index (χ0) is 16.6. The molecule has 3 rings (SSSR count). The van der Waals surface area contributed by atoms with Crippen molar-refractivity contribution in [2.24, 2.45) is 0 Å². The molecule has 1 aliphatic rings. The van der Waals surface area contributed by atoms with Crippen LogP contribution < -0.4 is 5.32 Å². The highest BCUT2D eigenvalue weighted by Gasteiger charge is 2.51. The second-order valence-electron chi connectivity index (χ2n) is 5.52. The predicted octanol–water partition coefficient (Wildman–Crippen LogP) is 1.92. The van der Waals surface area contributed by atoms with Crippen LogP contribution in [0.1, 0.15) is 24.4 Å². The van der Waals surface area contributed by atoms with Crippen LogP contribution in [0.4, 0.5) is 9.18 Å². The smallest absolute Gasteiger partial charge is 0.325 e. The zero-order valence-electron chi connectivity index (χ0n) is 12.3. The summed E-state index contributed by atoms with van der Waals surface area (Å²) in [4.78, 5) is 25.6. The number of β-amino-alcohol motifs (C(OH)–C–C–N with tert-alkyl or cyclic N) is 1. The van der Waals surface area contributed by atoms with Gasteiger partial charge in [-0.1, -0.05) is 12.1 Å². The minimum atomic E-state index is -1.30. The normalized spacial score (nSPS) is 22.3. The van der Waals surface area contributed by atoms with E-state index in [-0.39, 0.29) is 6.54 Å². The molecule has 2 atom stereocenters. The quantitative estimate of drug-likeness (QED) is 0.844. The number of carbonyl (C=O) groups excluding carboxylic acids is 2. The van der Waals surface area contributed by atoms with E-state index in [1.807, 2.05) is 0 Å². The van der Waals surface area contributed by atoms with Gasteiger partial charge in [-0.05, 0) is 36.8 Å². The summed E-state index contributed by atoms with van der Waals surface area (Å²) in [5.74, 6) is -0.630. The number of rotatable bonds is 4. The van der Waals surface area contributed by atoms with Crippen LogP contribution in [0.15, 0.2) is 47.1 Å². The van der Waals surface area contributed by atoms with E-state index in [1.165, 1.54) is 37.5 Å². The molecule has 2 aromatic rings. The van der Waals surface area contributed by atoms with E-state index < -0.39 is 29.4 Å². The second kappa shape index (κ2) is 5.51. The Balaban J connectivity index is 1.79. The molecule has 1 saturated heterocycles. The van der Waals surface area contributed by atoms with Gasteiger partial charge in [-0.3, -0.25) is 9.69 Å². The summed E-state index contributed by atoms with van der Waals surface area (Å²) in [6.45, 7) is 1.31. The van der Waals surface area contributed by atoms with E-state index in [0.29, 0.717) is 11.3 Å². The van der Waals surface area contributed by atoms with Crippen LogP contribution in [0.3, 0.4) is 0 Å². The van der Waals surface area contributed by atoms with Crippen molar-refractivity contribution in [2.75, 3.05) is 6.54 Å². The summed E-state index contributed by atoms with van der Waals surface area (Å²) < 4.78 is 18.1. The third kappa shape index (κ3) is 2.59. The fourth-order valence-electron chi connectivity index (χ4n) is 2.56. The van der Waals surface area contributed by atoms with Crippen molar-refractivity contribution in [2.45, 2.75) is 18.6 Å². The molecule has 0 radical (unpaired) electrons. The molecule has 23 heavy (non-hydrogen) atoms. The number of urea groups is 1. The van der Waals surface area contributed by atoms with Crippen LogP contribution in [-0.4, -0.2) is 28.5 Å². The van der Waals surface area contributed by atoms with Crippen LogP contribution in [0.2, 0.25) is 0 Å². The SMILES string of the molecule is CC1(c2ccco2)NC(=O)N(CC(O)c2ccc(F)cc2)C1=O. The maximum atomic E-state index is 12.9. The lowest BCUT2D eigenvalue weighted by Crippen LogP contribution is -2.41. The fraction of sp³-hybridized carbons (Fsp3) is 0.250. The summed E-state index contributed by atoms with van der Waals surface area (Å²) in [5, 5.41) is 12.8. The average molecular weight is 318 g/mol. The molecule has 0 spiro atoms. The van der Waals surface area contributed by atoms with E-state index in [9.17, 15) is 19.1 Å². The van der Waals surface area contributed by atoms with Gasteiger partial charge in [0.15, 0.2) is 5.54 Å². The van der Waals surface area contributed by atoms with Crippen molar-refractivity contribution in [3.05, 3.63) is 59.8 Å². The van der Waals surface area contributed by atoms with Crippen molar-refractivity contribution in [3.63, 3.8) is 0 Å². The lowest BCUT2D eigenvalue weighted by molar-refractivity contribution is -0.132. The van der Waals surface area contributed by atoms with E-state index in [2.05, 4.69) is 5.32 Å². The largest absolute Gasteiger partial charge is 0.466 e. The number of aliphatic hydroxyl groups is 1. The molecule has 2 heterocycles. The number of aliphatic hydroxyl groups excluding tert-OH is 1. The first-order valence-corrected chi connectivity index (χ1v) is 7.03. The monoisotopic (exact) mass is 318 g/mol. The summed E-state index contributed by atoms with van der Waals surface area (Å²) in [5.41, 5.74) is -0.887. The number of imide groups is 1. The van der Waals surface area contributed by atoms with E-state index >= 15 is 0 Å². The van der Waals surface area contributed by atoms with E-state index in [4.69, 9.17) is 4.42 Å². The lowest BCUT2D eigenvalue weighted by Gasteiger charge is -2.20. The van der Waals surface area contributed by atoms with Crippen molar-refractivity contribution in [1.29, 1.82) is 0 Å². The number of carbonyl (C=O) groups is 2. The maximum Gasteiger partial charge on any atom is 0.325 e. The summed E-state index contributed by atoms with van der Waals surface area (Å²) in [6.07, 6.45) is 0.306. The van der Waals surface area contributed by atoms with E-state index in [0.717, 1.165) is 4.90 Å². The van der Waals surface area contributed by atoms with Crippen LogP contribution in [-0.2, 0) is 10.3 Å². The molecular weight excluding hydrogens is 303 g/mol. The van der Waals surface area contributed by atoms with Gasteiger partial charge < -0.3 is 14.8 Å². The third-order valence-electron chi connectivity index (χ3n) is 3.90. The van der Waals surface area contributed by atoms with Crippen LogP contribution in [0.5, 0.6) is 0 Å². The van der Waals surface area contributed by atoms with Crippen LogP contribution >= 0.6 is 0 Å². The first-order valence-electron chi connectivity index (χ1n) is 7.03. The molecular formula is C16H15FN2O4. The molecule has 0 saturated carbocycles. The Morgan fingerprint density at radius 1 is 1.30 bits per heavy atom. The number of hydrogen-bond acceptors (Lipinski definition) is 4. The van der Waals surface area contributed by atoms with Crippen molar-refractivity contribution in [1.82, 2.24) is 10.2 Å². The Morgan fingerprint density at radius 2 is 2.00 bits per heavy atom. The van der Waals surface area contributed by atoms with Gasteiger partial charge in [-0.15, -0.1) is 0 Å². The molecule has 1 fully saturated rings. The fourth-order valence-corrected chi connectivity index (χ4v) is 2.56. The van der Waals surface area contributed by atoms with Gasteiger partial charge in [-0.2, -0.15) is 0 Å². The Hall–Kier alpha value is -2.67. The molecule has 1 aliphatic heterocycles. The molecule has 1 aromatic heterocycles. The highest BCUT2D eigenvalue weighted by atomic mass is 19.1. The van der Waals surface area contributed by atoms with Gasteiger partial charge in [0.05, 0.1) is 18.9 Å². The number of nitrogens with one attached hydrogen (secondary N) is 1. The maximum absolute atomic E-state index is 12.9. The Labute approximate surface area is 131 Å². The summed E-state index contributed by atoms with van der Waals surface area (Å²) in [7, 11) is 0. The van der Waals surface area contributed by atoms with Crippen molar-refractivity contribution < 1.29 is 23.5 Å². The number of amides is 3. The molecule has 0 aliphatic carbocycles. The first-order chi connectivity index (χ1) is 10.9. The minimum absolute atomic E-state index is 0.230. The summed E-state index contributed by atoms with van der Waals surface area (Å²) in [6, 6.07) is 7.83. The van der Waals surface area contributed by atoms with Gasteiger partial charge in [-0.25, -0.2) is 9.18 Å². The van der Waals surface area contributed by atoms with Crippen LogP contribution in [0.25, 0.3) is 0 Å². The molecule has 1 aromatic carbocycles. The Kier molecular flexibility index (Phi) is 3.65. The van der Waals surface area contributed by atoms with Gasteiger partial charge in [0.25, 0.3) is 5.91 Å². The number of benzene rings is 1. The first kappa shape index (κ1) is 15.2. The van der Waals surface area contributed by atoms with Crippen molar-refractivity contribution in [3.8, 4) is 0 Å². The van der Waals surface area contributed by atoms with Gasteiger partial charge in [0.2, 0.25) is 0 Å². The molecule has 120 valence electrons. The predicted molar refractivity (Wildman–Crippen MR) is 77.7 cm³/mol. The number of nitrogens with zero attached hydrogens (tertiary/aromatic N) is 1. The number of hydrogen-bond donors (Lipinski definition) is 2. The molecule has 6 nitrogen and oxygen atoms in total.